The van der Waals surface area contributed by atoms with Gasteiger partial charge in [0.2, 0.25) is 5.91 Å². The minimum absolute atomic E-state index is 0.146. The summed E-state index contributed by atoms with van der Waals surface area (Å²) in [7, 11) is 1.57. The van der Waals surface area contributed by atoms with Crippen molar-refractivity contribution in [2.24, 2.45) is 0 Å². The smallest absolute Gasteiger partial charge is 0.350 e. The number of rotatable bonds is 6. The first-order chi connectivity index (χ1) is 12.1. The summed E-state index contributed by atoms with van der Waals surface area (Å²) in [5, 5.41) is 10.2. The van der Waals surface area contributed by atoms with E-state index in [1.54, 1.807) is 43.6 Å². The number of hydrogen-bond donors (Lipinski definition) is 2. The van der Waals surface area contributed by atoms with Crippen molar-refractivity contribution in [2.45, 2.75) is 13.5 Å². The molecular weight excluding hydrogens is 322 g/mol. The highest BCUT2D eigenvalue weighted by atomic mass is 16.5. The van der Waals surface area contributed by atoms with Gasteiger partial charge in [-0.3, -0.25) is 9.20 Å². The molecule has 8 heteroatoms. The number of anilines is 2. The average molecular weight is 341 g/mol. The number of hydrogen-bond acceptors (Lipinski definition) is 5. The molecule has 0 atom stereocenters. The minimum atomic E-state index is -0.184. The molecule has 2 N–H and O–H groups in total. The highest BCUT2D eigenvalue weighted by Gasteiger charge is 2.08. The molecule has 1 aromatic carbocycles. The Morgan fingerprint density at radius 1 is 1.28 bits per heavy atom. The molecule has 0 aliphatic heterocycles. The van der Waals surface area contributed by atoms with Crippen LogP contribution in [0, 0.1) is 0 Å². The van der Waals surface area contributed by atoms with Crippen LogP contribution in [0.1, 0.15) is 6.92 Å². The molecule has 2 heterocycles. The van der Waals surface area contributed by atoms with Crippen LogP contribution in [-0.2, 0) is 11.3 Å². The van der Waals surface area contributed by atoms with E-state index in [0.29, 0.717) is 30.2 Å². The van der Waals surface area contributed by atoms with Gasteiger partial charge in [-0.15, -0.1) is 5.10 Å². The summed E-state index contributed by atoms with van der Waals surface area (Å²) in [4.78, 5) is 23.4. The summed E-state index contributed by atoms with van der Waals surface area (Å²) in [6, 6.07) is 10.7. The maximum atomic E-state index is 12.2. The molecule has 0 saturated carbocycles. The second kappa shape index (κ2) is 7.08. The number of nitrogens with zero attached hydrogens (tertiary/aromatic N) is 3. The predicted octanol–water partition coefficient (Wildman–Crippen LogP) is 1.58. The Bertz CT molecular complexity index is 960. The second-order valence-corrected chi connectivity index (χ2v) is 5.46. The molecule has 3 rings (SSSR count). The molecule has 0 radical (unpaired) electrons. The molecule has 0 fully saturated rings. The normalized spacial score (nSPS) is 10.6. The van der Waals surface area contributed by atoms with Crippen LogP contribution in [-0.4, -0.2) is 33.7 Å². The van der Waals surface area contributed by atoms with Crippen molar-refractivity contribution in [3.8, 4) is 5.75 Å². The Balaban J connectivity index is 1.73. The van der Waals surface area contributed by atoms with Crippen molar-refractivity contribution in [2.75, 3.05) is 24.3 Å². The monoisotopic (exact) mass is 341 g/mol. The number of pyridine rings is 1. The van der Waals surface area contributed by atoms with E-state index in [0.717, 1.165) is 5.69 Å². The first kappa shape index (κ1) is 16.6. The SMILES string of the molecule is COc1ccc(NC(C)=O)cc1NCCn1nc2ccccn2c1=O. The van der Waals surface area contributed by atoms with E-state index in [9.17, 15) is 9.59 Å². The van der Waals surface area contributed by atoms with Crippen LogP contribution in [0.5, 0.6) is 5.75 Å². The summed E-state index contributed by atoms with van der Waals surface area (Å²) < 4.78 is 8.22. The fraction of sp³-hybridized carbons (Fsp3) is 0.235. The fourth-order valence-electron chi connectivity index (χ4n) is 2.54. The predicted molar refractivity (Wildman–Crippen MR) is 95.2 cm³/mol. The topological polar surface area (TPSA) is 89.7 Å². The lowest BCUT2D eigenvalue weighted by molar-refractivity contribution is -0.114. The van der Waals surface area contributed by atoms with Crippen LogP contribution in [0.2, 0.25) is 0 Å². The largest absolute Gasteiger partial charge is 0.495 e. The van der Waals surface area contributed by atoms with Crippen molar-refractivity contribution >= 4 is 22.9 Å². The van der Waals surface area contributed by atoms with Crippen molar-refractivity contribution in [3.05, 3.63) is 53.1 Å². The summed E-state index contributed by atoms with van der Waals surface area (Å²) >= 11 is 0. The van der Waals surface area contributed by atoms with E-state index in [-0.39, 0.29) is 11.6 Å². The summed E-state index contributed by atoms with van der Waals surface area (Å²) in [5.74, 6) is 0.504. The third-order valence-electron chi connectivity index (χ3n) is 3.65. The number of methoxy groups -OCH3 is 1. The molecule has 0 aliphatic rings. The summed E-state index contributed by atoms with van der Waals surface area (Å²) in [6.07, 6.45) is 1.69. The quantitative estimate of drug-likeness (QED) is 0.710. The lowest BCUT2D eigenvalue weighted by Crippen LogP contribution is -2.24. The number of benzene rings is 1. The molecule has 0 unspecified atom stereocenters. The number of ether oxygens (including phenoxy) is 1. The van der Waals surface area contributed by atoms with E-state index in [1.807, 2.05) is 6.07 Å². The molecule has 1 amide bonds. The first-order valence-corrected chi connectivity index (χ1v) is 7.82. The van der Waals surface area contributed by atoms with Gasteiger partial charge in [0.25, 0.3) is 0 Å². The zero-order chi connectivity index (χ0) is 17.8. The Hall–Kier alpha value is -3.29. The van der Waals surface area contributed by atoms with Crippen LogP contribution < -0.4 is 21.1 Å². The van der Waals surface area contributed by atoms with Gasteiger partial charge in [0.15, 0.2) is 5.65 Å². The van der Waals surface area contributed by atoms with Gasteiger partial charge < -0.3 is 15.4 Å². The molecule has 3 aromatic rings. The third kappa shape index (κ3) is 3.63. The first-order valence-electron chi connectivity index (χ1n) is 7.82. The van der Waals surface area contributed by atoms with Gasteiger partial charge in [-0.25, -0.2) is 9.48 Å². The van der Waals surface area contributed by atoms with Gasteiger partial charge in [-0.2, -0.15) is 0 Å². The molecular formula is C17H19N5O3. The average Bonchev–Trinajstić information content (AvgIpc) is 2.91. The van der Waals surface area contributed by atoms with E-state index >= 15 is 0 Å². The van der Waals surface area contributed by atoms with Gasteiger partial charge in [0, 0.05) is 25.4 Å². The molecule has 0 saturated heterocycles. The van der Waals surface area contributed by atoms with Gasteiger partial charge in [-0.05, 0) is 30.3 Å². The highest BCUT2D eigenvalue weighted by Crippen LogP contribution is 2.27. The Morgan fingerprint density at radius 2 is 2.12 bits per heavy atom. The number of fused-ring (bicyclic) bond motifs is 1. The van der Waals surface area contributed by atoms with Crippen LogP contribution >= 0.6 is 0 Å². The van der Waals surface area contributed by atoms with Gasteiger partial charge in [0.1, 0.15) is 5.75 Å². The summed E-state index contributed by atoms with van der Waals surface area (Å²) in [5.41, 5.74) is 1.82. The Morgan fingerprint density at radius 3 is 2.84 bits per heavy atom. The Kier molecular flexibility index (Phi) is 4.69. The van der Waals surface area contributed by atoms with Gasteiger partial charge in [0.05, 0.1) is 19.3 Å². The van der Waals surface area contributed by atoms with E-state index in [1.165, 1.54) is 16.0 Å². The maximum Gasteiger partial charge on any atom is 0.350 e. The molecule has 25 heavy (non-hydrogen) atoms. The minimum Gasteiger partial charge on any atom is -0.495 e. The third-order valence-corrected chi connectivity index (χ3v) is 3.65. The zero-order valence-corrected chi connectivity index (χ0v) is 14.0. The number of nitrogens with one attached hydrogen (secondary N) is 2. The van der Waals surface area contributed by atoms with Crippen molar-refractivity contribution < 1.29 is 9.53 Å². The van der Waals surface area contributed by atoms with Crippen molar-refractivity contribution in [3.63, 3.8) is 0 Å². The number of amides is 1. The number of carbonyl (C=O) groups excluding carboxylic acids is 1. The molecule has 0 aliphatic carbocycles. The van der Waals surface area contributed by atoms with E-state index in [4.69, 9.17) is 4.74 Å². The van der Waals surface area contributed by atoms with Crippen LogP contribution in [0.3, 0.4) is 0 Å². The van der Waals surface area contributed by atoms with Gasteiger partial charge in [-0.1, -0.05) is 6.07 Å². The molecule has 2 aromatic heterocycles. The molecule has 130 valence electrons. The van der Waals surface area contributed by atoms with Crippen LogP contribution in [0.15, 0.2) is 47.4 Å². The molecule has 8 nitrogen and oxygen atoms in total. The second-order valence-electron chi connectivity index (χ2n) is 5.46. The lowest BCUT2D eigenvalue weighted by atomic mass is 10.2. The highest BCUT2D eigenvalue weighted by molar-refractivity contribution is 5.89. The Labute approximate surface area is 144 Å². The van der Waals surface area contributed by atoms with Crippen LogP contribution in [0.4, 0.5) is 11.4 Å². The van der Waals surface area contributed by atoms with Crippen molar-refractivity contribution in [1.82, 2.24) is 14.2 Å². The van der Waals surface area contributed by atoms with E-state index < -0.39 is 0 Å². The summed E-state index contributed by atoms with van der Waals surface area (Å²) in [6.45, 7) is 2.32. The lowest BCUT2D eigenvalue weighted by Gasteiger charge is -2.13. The van der Waals surface area contributed by atoms with Crippen LogP contribution in [0.25, 0.3) is 5.65 Å². The zero-order valence-electron chi connectivity index (χ0n) is 14.0. The standard InChI is InChI=1S/C17H19N5O3/c1-12(23)19-13-6-7-15(25-2)14(11-13)18-8-10-22-17(24)21-9-4-3-5-16(21)20-22/h3-7,9,11,18H,8,10H2,1-2H3,(H,19,23). The fourth-order valence-corrected chi connectivity index (χ4v) is 2.54. The molecule has 0 bridgehead atoms. The van der Waals surface area contributed by atoms with Gasteiger partial charge >= 0.3 is 5.69 Å². The van der Waals surface area contributed by atoms with Crippen molar-refractivity contribution in [1.29, 1.82) is 0 Å². The molecule has 0 spiro atoms. The number of carbonyl (C=O) groups is 1. The number of aromatic nitrogens is 3. The maximum absolute atomic E-state index is 12.2. The van der Waals surface area contributed by atoms with E-state index in [2.05, 4.69) is 15.7 Å².